The van der Waals surface area contributed by atoms with Gasteiger partial charge >= 0.3 is 0 Å². The molecule has 15 rings (SSSR count). The van der Waals surface area contributed by atoms with E-state index in [0.717, 1.165) is 122 Å². The standard InChI is InChI=1S/C69H45N5O/c1-6-20-44(21-7-1)45-34-36-49(37-35-45)68-70-67(48-26-12-4-13-27-48)71-69(72-68)50-42-56(46-22-8-2-9-23-46)64(57(43-50)47-24-10-3-11-25-47)74-59-33-19-17-31-55(59)63-61(74)41-39-53-52-38-40-60-62(65(52)75-66(53)63)54-30-16-18-32-58(54)73(60)51-28-14-5-15-29-51/h1-24,26-43,47H,25H2/t47-/m1/s1. The second-order valence-corrected chi connectivity index (χ2v) is 19.4. The number of allylic oxidation sites excluding steroid dienone is 4. The van der Waals surface area contributed by atoms with Gasteiger partial charge in [-0.15, -0.1) is 0 Å². The first-order valence-electron chi connectivity index (χ1n) is 25.6. The summed E-state index contributed by atoms with van der Waals surface area (Å²) >= 11 is 0. The molecule has 6 nitrogen and oxygen atoms in total. The molecule has 0 saturated carbocycles. The zero-order valence-corrected chi connectivity index (χ0v) is 40.7. The molecule has 75 heavy (non-hydrogen) atoms. The van der Waals surface area contributed by atoms with Gasteiger partial charge in [-0.1, -0.05) is 194 Å². The average Bonchev–Trinajstić information content (AvgIpc) is 4.27. The normalized spacial score (nSPS) is 13.6. The van der Waals surface area contributed by atoms with Gasteiger partial charge < -0.3 is 13.6 Å². The lowest BCUT2D eigenvalue weighted by atomic mass is 9.86. The van der Waals surface area contributed by atoms with Crippen LogP contribution in [0.15, 0.2) is 259 Å². The number of para-hydroxylation sites is 3. The highest BCUT2D eigenvalue weighted by Gasteiger charge is 2.28. The van der Waals surface area contributed by atoms with E-state index >= 15 is 0 Å². The molecular formula is C69H45N5O. The summed E-state index contributed by atoms with van der Waals surface area (Å²) in [5.41, 5.74) is 16.8. The predicted molar refractivity (Wildman–Crippen MR) is 309 cm³/mol. The van der Waals surface area contributed by atoms with Crippen molar-refractivity contribution < 1.29 is 4.42 Å². The topological polar surface area (TPSA) is 61.7 Å². The molecule has 4 aromatic heterocycles. The van der Waals surface area contributed by atoms with E-state index in [4.69, 9.17) is 19.4 Å². The summed E-state index contributed by atoms with van der Waals surface area (Å²) in [5, 5.41) is 6.67. The van der Waals surface area contributed by atoms with E-state index in [-0.39, 0.29) is 5.92 Å². The molecule has 1 aliphatic carbocycles. The van der Waals surface area contributed by atoms with Gasteiger partial charge in [0.1, 0.15) is 11.2 Å². The van der Waals surface area contributed by atoms with Crippen molar-refractivity contribution in [1.29, 1.82) is 0 Å². The van der Waals surface area contributed by atoms with E-state index in [0.29, 0.717) is 17.5 Å². The molecule has 0 unspecified atom stereocenters. The number of fused-ring (bicyclic) bond motifs is 11. The fourth-order valence-corrected chi connectivity index (χ4v) is 11.7. The monoisotopic (exact) mass is 959 g/mol. The molecular weight excluding hydrogens is 915 g/mol. The van der Waals surface area contributed by atoms with E-state index < -0.39 is 0 Å². The molecule has 0 amide bonds. The van der Waals surface area contributed by atoms with Crippen molar-refractivity contribution in [3.05, 3.63) is 260 Å². The number of rotatable bonds is 8. The summed E-state index contributed by atoms with van der Waals surface area (Å²) in [6, 6.07) is 81.8. The van der Waals surface area contributed by atoms with Crippen LogP contribution in [-0.2, 0) is 0 Å². The fraction of sp³-hybridized carbons (Fsp3) is 0.0290. The quantitative estimate of drug-likeness (QED) is 0.152. The Morgan fingerprint density at radius 3 is 1.45 bits per heavy atom. The molecule has 14 aromatic rings. The minimum atomic E-state index is 0.0502. The predicted octanol–water partition coefficient (Wildman–Crippen LogP) is 17.9. The second-order valence-electron chi connectivity index (χ2n) is 19.4. The molecule has 10 aromatic carbocycles. The zero-order chi connectivity index (χ0) is 49.4. The molecule has 4 heterocycles. The van der Waals surface area contributed by atoms with Crippen LogP contribution in [0.4, 0.5) is 0 Å². The van der Waals surface area contributed by atoms with Crippen molar-refractivity contribution in [2.24, 2.45) is 0 Å². The summed E-state index contributed by atoms with van der Waals surface area (Å²) in [4.78, 5) is 15.8. The minimum absolute atomic E-state index is 0.0502. The molecule has 6 heteroatoms. The zero-order valence-electron chi connectivity index (χ0n) is 40.7. The van der Waals surface area contributed by atoms with Crippen LogP contribution in [0.2, 0.25) is 0 Å². The lowest BCUT2D eigenvalue weighted by molar-refractivity contribution is 0.677. The molecule has 0 fully saturated rings. The Morgan fingerprint density at radius 1 is 0.373 bits per heavy atom. The third-order valence-electron chi connectivity index (χ3n) is 15.1. The van der Waals surface area contributed by atoms with E-state index in [2.05, 4.69) is 240 Å². The summed E-state index contributed by atoms with van der Waals surface area (Å²) in [6.45, 7) is 0. The Hall–Kier alpha value is -9.91. The van der Waals surface area contributed by atoms with Gasteiger partial charge in [0.2, 0.25) is 0 Å². The van der Waals surface area contributed by atoms with Crippen LogP contribution in [0.5, 0.6) is 0 Å². The summed E-state index contributed by atoms with van der Waals surface area (Å²) in [6.07, 6.45) is 9.78. The van der Waals surface area contributed by atoms with Crippen LogP contribution in [-0.4, -0.2) is 24.1 Å². The van der Waals surface area contributed by atoms with E-state index in [1.807, 2.05) is 24.3 Å². The van der Waals surface area contributed by atoms with Crippen LogP contribution in [0.25, 0.3) is 133 Å². The number of hydrogen-bond donors (Lipinski definition) is 0. The molecule has 352 valence electrons. The first-order valence-corrected chi connectivity index (χ1v) is 25.6. The van der Waals surface area contributed by atoms with Crippen molar-refractivity contribution in [3.8, 4) is 67.8 Å². The van der Waals surface area contributed by atoms with Gasteiger partial charge in [0.25, 0.3) is 0 Å². The highest BCUT2D eigenvalue weighted by Crippen LogP contribution is 2.48. The lowest BCUT2D eigenvalue weighted by Gasteiger charge is -2.24. The van der Waals surface area contributed by atoms with E-state index in [1.54, 1.807) is 0 Å². The third-order valence-corrected chi connectivity index (χ3v) is 15.1. The Labute approximate surface area is 432 Å². The van der Waals surface area contributed by atoms with Crippen molar-refractivity contribution >= 4 is 65.6 Å². The van der Waals surface area contributed by atoms with Crippen molar-refractivity contribution in [1.82, 2.24) is 24.1 Å². The summed E-state index contributed by atoms with van der Waals surface area (Å²) < 4.78 is 12.2. The molecule has 0 bridgehead atoms. The van der Waals surface area contributed by atoms with Gasteiger partial charge in [-0.05, 0) is 89.3 Å². The number of furan rings is 1. The smallest absolute Gasteiger partial charge is 0.164 e. The minimum Gasteiger partial charge on any atom is -0.455 e. The molecule has 0 radical (unpaired) electrons. The number of benzene rings is 10. The largest absolute Gasteiger partial charge is 0.455 e. The maximum atomic E-state index is 7.39. The first-order chi connectivity index (χ1) is 37.2. The Morgan fingerprint density at radius 2 is 0.853 bits per heavy atom. The van der Waals surface area contributed by atoms with Gasteiger partial charge in [-0.3, -0.25) is 0 Å². The average molecular weight is 960 g/mol. The maximum absolute atomic E-state index is 7.39. The molecule has 0 aliphatic heterocycles. The molecule has 1 atom stereocenters. The van der Waals surface area contributed by atoms with Crippen molar-refractivity contribution in [2.45, 2.75) is 12.3 Å². The van der Waals surface area contributed by atoms with Crippen LogP contribution < -0.4 is 0 Å². The van der Waals surface area contributed by atoms with Crippen LogP contribution in [0.1, 0.15) is 17.9 Å². The van der Waals surface area contributed by atoms with Gasteiger partial charge in [0, 0.05) is 55.4 Å². The molecule has 0 N–H and O–H groups in total. The van der Waals surface area contributed by atoms with Crippen LogP contribution in [0, 0.1) is 0 Å². The Bertz CT molecular complexity index is 4590. The van der Waals surface area contributed by atoms with E-state index in [9.17, 15) is 0 Å². The second kappa shape index (κ2) is 17.4. The molecule has 1 aliphatic rings. The van der Waals surface area contributed by atoms with Gasteiger partial charge in [0.15, 0.2) is 17.5 Å². The van der Waals surface area contributed by atoms with Crippen LogP contribution in [0.3, 0.4) is 0 Å². The highest BCUT2D eigenvalue weighted by molar-refractivity contribution is 6.29. The fourth-order valence-electron chi connectivity index (χ4n) is 11.7. The van der Waals surface area contributed by atoms with E-state index in [1.165, 1.54) is 5.56 Å². The SMILES string of the molecule is C1=CC[C@H](c2cc(-c3nc(-c4ccccc4)nc(-c4ccc(-c5ccccc5)cc4)n3)cc(-c3ccccc3)c2-n2c3ccccc3c3c4oc5c(ccc6c5c5ccccc5n6-c5ccccc5)c4ccc32)C=C1. The summed E-state index contributed by atoms with van der Waals surface area (Å²) in [5.74, 6) is 1.89. The number of hydrogen-bond acceptors (Lipinski definition) is 4. The van der Waals surface area contributed by atoms with Gasteiger partial charge in [0.05, 0.1) is 38.5 Å². The number of nitrogens with zero attached hydrogens (tertiary/aromatic N) is 5. The first kappa shape index (κ1) is 42.7. The third kappa shape index (κ3) is 6.98. The molecule has 0 saturated heterocycles. The van der Waals surface area contributed by atoms with Crippen LogP contribution >= 0.6 is 0 Å². The lowest BCUT2D eigenvalue weighted by Crippen LogP contribution is -2.08. The van der Waals surface area contributed by atoms with Crippen molar-refractivity contribution in [3.63, 3.8) is 0 Å². The van der Waals surface area contributed by atoms with Crippen molar-refractivity contribution in [2.75, 3.05) is 0 Å². The van der Waals surface area contributed by atoms with Gasteiger partial charge in [-0.25, -0.2) is 15.0 Å². The Balaban J connectivity index is 0.992. The molecule has 0 spiro atoms. The van der Waals surface area contributed by atoms with Gasteiger partial charge in [-0.2, -0.15) is 0 Å². The highest BCUT2D eigenvalue weighted by atomic mass is 16.3. The summed E-state index contributed by atoms with van der Waals surface area (Å²) in [7, 11) is 0. The maximum Gasteiger partial charge on any atom is 0.164 e. The number of aromatic nitrogens is 5. The Kier molecular flexibility index (Phi) is 9.91.